The minimum absolute atomic E-state index is 0.650. The molecule has 0 fully saturated rings. The summed E-state index contributed by atoms with van der Waals surface area (Å²) in [7, 11) is 0. The van der Waals surface area contributed by atoms with Crippen LogP contribution >= 0.6 is 0 Å². The molecular weight excluding hydrogens is 609 g/mol. The largest absolute Gasteiger partial charge is 0.309 e. The molecule has 0 unspecified atom stereocenters. The van der Waals surface area contributed by atoms with E-state index in [0.717, 1.165) is 82.7 Å². The van der Waals surface area contributed by atoms with E-state index < -0.39 is 0 Å². The van der Waals surface area contributed by atoms with Gasteiger partial charge >= 0.3 is 0 Å². The van der Waals surface area contributed by atoms with Crippen molar-refractivity contribution < 1.29 is 0 Å². The van der Waals surface area contributed by atoms with Crippen LogP contribution in [0.3, 0.4) is 0 Å². The summed E-state index contributed by atoms with van der Waals surface area (Å²) in [6.45, 7) is 0. The van der Waals surface area contributed by atoms with E-state index in [4.69, 9.17) is 4.98 Å². The maximum atomic E-state index is 9.86. The molecule has 4 heteroatoms. The molecule has 50 heavy (non-hydrogen) atoms. The molecule has 8 aromatic carbocycles. The molecule has 0 spiro atoms. The van der Waals surface area contributed by atoms with Gasteiger partial charge in [0, 0.05) is 27.7 Å². The van der Waals surface area contributed by atoms with Gasteiger partial charge in [-0.2, -0.15) is 5.26 Å². The van der Waals surface area contributed by atoms with Gasteiger partial charge in [0.25, 0.3) is 0 Å². The molecule has 0 radical (unpaired) electrons. The van der Waals surface area contributed by atoms with Crippen LogP contribution in [0, 0.1) is 11.3 Å². The van der Waals surface area contributed by atoms with Crippen molar-refractivity contribution in [1.82, 2.24) is 14.1 Å². The first-order valence-corrected chi connectivity index (χ1v) is 16.8. The molecule has 10 aromatic rings. The number of benzene rings is 8. The number of aromatic nitrogens is 3. The molecular formula is C46H28N4. The third kappa shape index (κ3) is 4.14. The standard InChI is InChI=1S/C46H28N4/c47-29-30-23-25-41-38(27-30)39-28-31(24-26-42(39)49(41)32-13-3-1-4-14-32)44-34-17-7-9-19-36(34)45(37-20-10-8-18-35(37)44)46-48-40-21-11-12-22-43(40)50(46)33-15-5-2-6-16-33/h1-28H. The highest BCUT2D eigenvalue weighted by Crippen LogP contribution is 2.45. The van der Waals surface area contributed by atoms with E-state index >= 15 is 0 Å². The molecule has 10 rings (SSSR count). The number of fused-ring (bicyclic) bond motifs is 6. The first-order valence-electron chi connectivity index (χ1n) is 16.8. The highest BCUT2D eigenvalue weighted by atomic mass is 15.1. The molecule has 0 N–H and O–H groups in total. The SMILES string of the molecule is N#Cc1ccc2c(c1)c1cc(-c3c4ccccc4c(-c4nc5ccccc5n4-c4ccccc4)c4ccccc34)ccc1n2-c1ccccc1. The van der Waals surface area contributed by atoms with Crippen LogP contribution < -0.4 is 0 Å². The lowest BCUT2D eigenvalue weighted by Gasteiger charge is -2.18. The second kappa shape index (κ2) is 11.1. The molecule has 0 amide bonds. The molecule has 0 saturated carbocycles. The number of hydrogen-bond acceptors (Lipinski definition) is 2. The average Bonchev–Trinajstić information content (AvgIpc) is 3.72. The van der Waals surface area contributed by atoms with E-state index in [1.807, 2.05) is 18.2 Å². The van der Waals surface area contributed by atoms with E-state index in [9.17, 15) is 5.26 Å². The van der Waals surface area contributed by atoms with Crippen molar-refractivity contribution in [3.8, 4) is 40.0 Å². The third-order valence-corrected chi connectivity index (χ3v) is 9.93. The van der Waals surface area contributed by atoms with Crippen LogP contribution in [0.4, 0.5) is 0 Å². The van der Waals surface area contributed by atoms with E-state index in [0.29, 0.717) is 5.56 Å². The predicted molar refractivity (Wildman–Crippen MR) is 206 cm³/mol. The minimum Gasteiger partial charge on any atom is -0.309 e. The molecule has 2 heterocycles. The van der Waals surface area contributed by atoms with Crippen LogP contribution in [-0.4, -0.2) is 14.1 Å². The molecule has 0 aliphatic heterocycles. The average molecular weight is 637 g/mol. The number of nitriles is 1. The van der Waals surface area contributed by atoms with Gasteiger partial charge in [-0.1, -0.05) is 103 Å². The number of rotatable bonds is 4. The van der Waals surface area contributed by atoms with Gasteiger partial charge in [0.05, 0.1) is 33.7 Å². The fourth-order valence-corrected chi connectivity index (χ4v) is 7.82. The zero-order chi connectivity index (χ0) is 33.2. The summed E-state index contributed by atoms with van der Waals surface area (Å²) < 4.78 is 4.59. The van der Waals surface area contributed by atoms with Crippen molar-refractivity contribution in [1.29, 1.82) is 5.26 Å². The van der Waals surface area contributed by atoms with Crippen molar-refractivity contribution in [2.45, 2.75) is 0 Å². The minimum atomic E-state index is 0.650. The van der Waals surface area contributed by atoms with Gasteiger partial charge in [-0.3, -0.25) is 4.57 Å². The lowest BCUT2D eigenvalue weighted by atomic mass is 9.87. The van der Waals surface area contributed by atoms with Crippen LogP contribution in [0.2, 0.25) is 0 Å². The van der Waals surface area contributed by atoms with E-state index in [1.54, 1.807) is 0 Å². The Labute approximate surface area is 288 Å². The van der Waals surface area contributed by atoms with Gasteiger partial charge in [-0.25, -0.2) is 4.98 Å². The topological polar surface area (TPSA) is 46.5 Å². The van der Waals surface area contributed by atoms with Crippen molar-refractivity contribution in [2.24, 2.45) is 0 Å². The Morgan fingerprint density at radius 2 is 0.940 bits per heavy atom. The maximum Gasteiger partial charge on any atom is 0.146 e. The predicted octanol–water partition coefficient (Wildman–Crippen LogP) is 11.6. The van der Waals surface area contributed by atoms with Crippen LogP contribution in [0.5, 0.6) is 0 Å². The Morgan fingerprint density at radius 1 is 0.420 bits per heavy atom. The van der Waals surface area contributed by atoms with Gasteiger partial charge in [0.2, 0.25) is 0 Å². The number of nitrogens with zero attached hydrogens (tertiary/aromatic N) is 4. The van der Waals surface area contributed by atoms with Crippen molar-refractivity contribution in [3.63, 3.8) is 0 Å². The fourth-order valence-electron chi connectivity index (χ4n) is 7.82. The molecule has 232 valence electrons. The second-order valence-corrected chi connectivity index (χ2v) is 12.7. The van der Waals surface area contributed by atoms with E-state index in [2.05, 4.69) is 167 Å². The molecule has 0 bridgehead atoms. The number of hydrogen-bond donors (Lipinski definition) is 0. The normalized spacial score (nSPS) is 11.6. The van der Waals surface area contributed by atoms with Gasteiger partial charge in [0.15, 0.2) is 0 Å². The smallest absolute Gasteiger partial charge is 0.146 e. The van der Waals surface area contributed by atoms with Gasteiger partial charge in [0.1, 0.15) is 5.82 Å². The lowest BCUT2D eigenvalue weighted by Crippen LogP contribution is -1.99. The Hall–Kier alpha value is -6.96. The van der Waals surface area contributed by atoms with Crippen LogP contribution in [0.25, 0.3) is 88.3 Å². The van der Waals surface area contributed by atoms with Crippen molar-refractivity contribution in [3.05, 3.63) is 175 Å². The van der Waals surface area contributed by atoms with E-state index in [-0.39, 0.29) is 0 Å². The summed E-state index contributed by atoms with van der Waals surface area (Å²) in [4.78, 5) is 5.32. The zero-order valence-corrected chi connectivity index (χ0v) is 27.0. The van der Waals surface area contributed by atoms with Crippen LogP contribution in [0.15, 0.2) is 170 Å². The molecule has 2 aromatic heterocycles. The maximum absolute atomic E-state index is 9.86. The number of imidazole rings is 1. The van der Waals surface area contributed by atoms with Gasteiger partial charge < -0.3 is 4.57 Å². The Bertz CT molecular complexity index is 2920. The molecule has 0 atom stereocenters. The van der Waals surface area contributed by atoms with Crippen LogP contribution in [-0.2, 0) is 0 Å². The summed E-state index contributed by atoms with van der Waals surface area (Å²) in [5.41, 5.74) is 10.4. The quantitative estimate of drug-likeness (QED) is 0.180. The van der Waals surface area contributed by atoms with Crippen molar-refractivity contribution in [2.75, 3.05) is 0 Å². The Kier molecular flexibility index (Phi) is 6.21. The highest BCUT2D eigenvalue weighted by molar-refractivity contribution is 6.22. The molecule has 4 nitrogen and oxygen atoms in total. The third-order valence-electron chi connectivity index (χ3n) is 9.93. The summed E-state index contributed by atoms with van der Waals surface area (Å²) in [5.74, 6) is 0.918. The monoisotopic (exact) mass is 636 g/mol. The van der Waals surface area contributed by atoms with E-state index in [1.165, 1.54) is 5.56 Å². The summed E-state index contributed by atoms with van der Waals surface area (Å²) in [6.07, 6.45) is 0. The van der Waals surface area contributed by atoms with Crippen molar-refractivity contribution >= 4 is 54.4 Å². The van der Waals surface area contributed by atoms with Gasteiger partial charge in [-0.15, -0.1) is 0 Å². The highest BCUT2D eigenvalue weighted by Gasteiger charge is 2.23. The van der Waals surface area contributed by atoms with Gasteiger partial charge in [-0.05, 0) is 99.4 Å². The van der Waals surface area contributed by atoms with Crippen LogP contribution in [0.1, 0.15) is 5.56 Å². The second-order valence-electron chi connectivity index (χ2n) is 12.7. The molecule has 0 aliphatic rings. The number of para-hydroxylation sites is 4. The lowest BCUT2D eigenvalue weighted by molar-refractivity contribution is 1.11. The summed E-state index contributed by atoms with van der Waals surface area (Å²) >= 11 is 0. The first kappa shape index (κ1) is 28.1. The molecule has 0 saturated heterocycles. The fraction of sp³-hybridized carbons (Fsp3) is 0. The summed E-state index contributed by atoms with van der Waals surface area (Å²) in [5, 5.41) is 16.6. The summed E-state index contributed by atoms with van der Waals surface area (Å²) in [6, 6.07) is 61.9. The first-order chi connectivity index (χ1) is 24.8. The zero-order valence-electron chi connectivity index (χ0n) is 27.0. The Morgan fingerprint density at radius 3 is 1.58 bits per heavy atom. The molecule has 0 aliphatic carbocycles. The Balaban J connectivity index is 1.30.